The number of aliphatic carboxylic acids is 1. The second kappa shape index (κ2) is 6.30. The van der Waals surface area contributed by atoms with Crippen LogP contribution in [0.25, 0.3) is 0 Å². The van der Waals surface area contributed by atoms with Gasteiger partial charge in [-0.1, -0.05) is 36.4 Å². The van der Waals surface area contributed by atoms with E-state index in [1.165, 1.54) is 0 Å². The zero-order valence-corrected chi connectivity index (χ0v) is 13.0. The number of nitrogens with two attached hydrogens (primary N) is 1. The zero-order chi connectivity index (χ0) is 16.4. The zero-order valence-electron chi connectivity index (χ0n) is 13.0. The van der Waals surface area contributed by atoms with Crippen molar-refractivity contribution in [1.82, 2.24) is 0 Å². The van der Waals surface area contributed by atoms with Gasteiger partial charge in [0.25, 0.3) is 0 Å². The van der Waals surface area contributed by atoms with Gasteiger partial charge >= 0.3 is 5.97 Å². The largest absolute Gasteiger partial charge is 0.495 e. The monoisotopic (exact) mass is 312 g/mol. The molecule has 0 amide bonds. The number of nitrogens with zero attached hydrogens (tertiary/aromatic N) is 1. The summed E-state index contributed by atoms with van der Waals surface area (Å²) in [6.07, 6.45) is 0.844. The molecule has 120 valence electrons. The van der Waals surface area contributed by atoms with E-state index in [4.69, 9.17) is 10.5 Å². The van der Waals surface area contributed by atoms with Crippen LogP contribution in [0.5, 0.6) is 5.75 Å². The number of carboxylic acids is 1. The molecule has 0 aliphatic carbocycles. The molecule has 1 aliphatic rings. The first kappa shape index (κ1) is 15.4. The van der Waals surface area contributed by atoms with Crippen molar-refractivity contribution in [2.24, 2.45) is 5.73 Å². The van der Waals surface area contributed by atoms with E-state index >= 15 is 0 Å². The molecule has 0 aromatic heterocycles. The Morgan fingerprint density at radius 3 is 2.70 bits per heavy atom. The predicted octanol–water partition coefficient (Wildman–Crippen LogP) is 2.21. The number of ether oxygens (including phenoxy) is 1. The van der Waals surface area contributed by atoms with Gasteiger partial charge in [-0.25, -0.2) is 0 Å². The number of benzene rings is 2. The maximum absolute atomic E-state index is 11.6. The summed E-state index contributed by atoms with van der Waals surface area (Å²) in [5.41, 5.74) is 9.04. The highest BCUT2D eigenvalue weighted by atomic mass is 16.5. The Morgan fingerprint density at radius 1 is 1.26 bits per heavy atom. The van der Waals surface area contributed by atoms with Crippen LogP contribution in [-0.4, -0.2) is 30.8 Å². The number of carboxylic acid groups (broad SMARTS) is 1. The summed E-state index contributed by atoms with van der Waals surface area (Å²) >= 11 is 0. The van der Waals surface area contributed by atoms with Crippen molar-refractivity contribution in [3.05, 3.63) is 59.7 Å². The topological polar surface area (TPSA) is 75.8 Å². The fraction of sp³-hybridized carbons (Fsp3) is 0.278. The van der Waals surface area contributed by atoms with E-state index < -0.39 is 18.1 Å². The van der Waals surface area contributed by atoms with Crippen molar-refractivity contribution in [2.45, 2.75) is 18.5 Å². The molecule has 0 saturated heterocycles. The van der Waals surface area contributed by atoms with Crippen LogP contribution in [0.1, 0.15) is 17.2 Å². The highest BCUT2D eigenvalue weighted by Crippen LogP contribution is 2.39. The van der Waals surface area contributed by atoms with Gasteiger partial charge in [0.15, 0.2) is 0 Å². The SMILES string of the molecule is COc1ccccc1N1CCc2ccccc2C1C(N)C(=O)O. The van der Waals surface area contributed by atoms with Gasteiger partial charge in [0.05, 0.1) is 18.8 Å². The first-order chi connectivity index (χ1) is 11.1. The van der Waals surface area contributed by atoms with E-state index in [1.807, 2.05) is 53.4 Å². The van der Waals surface area contributed by atoms with E-state index in [9.17, 15) is 9.90 Å². The van der Waals surface area contributed by atoms with Crippen LogP contribution < -0.4 is 15.4 Å². The van der Waals surface area contributed by atoms with Crippen molar-refractivity contribution < 1.29 is 14.6 Å². The molecule has 0 saturated carbocycles. The van der Waals surface area contributed by atoms with Crippen molar-refractivity contribution in [2.75, 3.05) is 18.6 Å². The predicted molar refractivity (Wildman–Crippen MR) is 88.8 cm³/mol. The molecule has 0 bridgehead atoms. The van der Waals surface area contributed by atoms with Crippen molar-refractivity contribution in [3.8, 4) is 5.75 Å². The summed E-state index contributed by atoms with van der Waals surface area (Å²) in [6, 6.07) is 14.1. The number of anilines is 1. The Labute approximate surface area is 135 Å². The molecular formula is C18H20N2O3. The Hall–Kier alpha value is -2.53. The summed E-state index contributed by atoms with van der Waals surface area (Å²) in [4.78, 5) is 13.6. The Morgan fingerprint density at radius 2 is 1.96 bits per heavy atom. The van der Waals surface area contributed by atoms with Crippen molar-refractivity contribution in [1.29, 1.82) is 0 Å². The average molecular weight is 312 g/mol. The fourth-order valence-corrected chi connectivity index (χ4v) is 3.26. The number of hydrogen-bond acceptors (Lipinski definition) is 4. The van der Waals surface area contributed by atoms with Gasteiger partial charge < -0.3 is 20.5 Å². The molecule has 2 aromatic rings. The summed E-state index contributed by atoms with van der Waals surface area (Å²) in [6.45, 7) is 0.697. The average Bonchev–Trinajstić information content (AvgIpc) is 2.60. The third-order valence-corrected chi connectivity index (χ3v) is 4.35. The molecular weight excluding hydrogens is 292 g/mol. The minimum Gasteiger partial charge on any atom is -0.495 e. The molecule has 1 heterocycles. The molecule has 2 aromatic carbocycles. The van der Waals surface area contributed by atoms with Crippen molar-refractivity contribution in [3.63, 3.8) is 0 Å². The number of carbonyl (C=O) groups is 1. The van der Waals surface area contributed by atoms with Gasteiger partial charge in [-0.2, -0.15) is 0 Å². The molecule has 0 fully saturated rings. The molecule has 1 aliphatic heterocycles. The lowest BCUT2D eigenvalue weighted by Gasteiger charge is -2.41. The van der Waals surface area contributed by atoms with Gasteiger partial charge in [0.1, 0.15) is 11.8 Å². The van der Waals surface area contributed by atoms with Crippen LogP contribution >= 0.6 is 0 Å². The number of methoxy groups -OCH3 is 1. The highest BCUT2D eigenvalue weighted by molar-refractivity contribution is 5.76. The first-order valence-electron chi connectivity index (χ1n) is 7.59. The van der Waals surface area contributed by atoms with Crippen molar-refractivity contribution >= 4 is 11.7 Å². The summed E-state index contributed by atoms with van der Waals surface area (Å²) in [7, 11) is 1.61. The van der Waals surface area contributed by atoms with Crippen LogP contribution in [0.15, 0.2) is 48.5 Å². The van der Waals surface area contributed by atoms with Crippen LogP contribution in [-0.2, 0) is 11.2 Å². The van der Waals surface area contributed by atoms with E-state index in [1.54, 1.807) is 7.11 Å². The van der Waals surface area contributed by atoms with Gasteiger partial charge in [-0.15, -0.1) is 0 Å². The summed E-state index contributed by atoms with van der Waals surface area (Å²) < 4.78 is 5.45. The fourth-order valence-electron chi connectivity index (χ4n) is 3.26. The van der Waals surface area contributed by atoms with Crippen LogP contribution in [0.3, 0.4) is 0 Å². The number of fused-ring (bicyclic) bond motifs is 1. The molecule has 3 rings (SSSR count). The standard InChI is InChI=1S/C18H20N2O3/c1-23-15-9-5-4-8-14(15)20-11-10-12-6-2-3-7-13(12)17(20)16(19)18(21)22/h2-9,16-17H,10-11,19H2,1H3,(H,21,22). The molecule has 0 radical (unpaired) electrons. The maximum Gasteiger partial charge on any atom is 0.322 e. The second-order valence-electron chi connectivity index (χ2n) is 5.62. The first-order valence-corrected chi connectivity index (χ1v) is 7.59. The third kappa shape index (κ3) is 2.75. The molecule has 5 heteroatoms. The Kier molecular flexibility index (Phi) is 4.21. The number of para-hydroxylation sites is 2. The maximum atomic E-state index is 11.6. The van der Waals surface area contributed by atoms with E-state index in [0.29, 0.717) is 6.54 Å². The molecule has 23 heavy (non-hydrogen) atoms. The Bertz CT molecular complexity index is 717. The molecule has 2 atom stereocenters. The lowest BCUT2D eigenvalue weighted by atomic mass is 9.88. The highest BCUT2D eigenvalue weighted by Gasteiger charge is 2.36. The molecule has 2 unspecified atom stereocenters. The van der Waals surface area contributed by atoms with Gasteiger partial charge in [0, 0.05) is 6.54 Å². The lowest BCUT2D eigenvalue weighted by molar-refractivity contribution is -0.139. The summed E-state index contributed by atoms with van der Waals surface area (Å²) in [5, 5.41) is 9.47. The van der Waals surface area contributed by atoms with E-state index in [0.717, 1.165) is 29.0 Å². The van der Waals surface area contributed by atoms with Gasteiger partial charge in [0.2, 0.25) is 0 Å². The van der Waals surface area contributed by atoms with Crippen LogP contribution in [0.4, 0.5) is 5.69 Å². The van der Waals surface area contributed by atoms with E-state index in [-0.39, 0.29) is 0 Å². The quantitative estimate of drug-likeness (QED) is 0.905. The molecule has 0 spiro atoms. The minimum atomic E-state index is -1.01. The lowest BCUT2D eigenvalue weighted by Crippen LogP contribution is -2.49. The minimum absolute atomic E-state index is 0.422. The Balaban J connectivity index is 2.11. The van der Waals surface area contributed by atoms with E-state index in [2.05, 4.69) is 0 Å². The van der Waals surface area contributed by atoms with Crippen LogP contribution in [0.2, 0.25) is 0 Å². The smallest absolute Gasteiger partial charge is 0.322 e. The van der Waals surface area contributed by atoms with Crippen LogP contribution in [0, 0.1) is 0 Å². The number of hydrogen-bond donors (Lipinski definition) is 2. The third-order valence-electron chi connectivity index (χ3n) is 4.35. The van der Waals surface area contributed by atoms with Gasteiger partial charge in [-0.05, 0) is 29.7 Å². The number of rotatable bonds is 4. The van der Waals surface area contributed by atoms with Gasteiger partial charge in [-0.3, -0.25) is 4.79 Å². The molecule has 5 nitrogen and oxygen atoms in total. The molecule has 3 N–H and O–H groups in total. The second-order valence-corrected chi connectivity index (χ2v) is 5.62. The normalized spacial score (nSPS) is 18.2. The summed E-state index contributed by atoms with van der Waals surface area (Å²) in [5.74, 6) is -0.291.